The van der Waals surface area contributed by atoms with E-state index in [-0.39, 0.29) is 5.91 Å². The summed E-state index contributed by atoms with van der Waals surface area (Å²) in [5.41, 5.74) is 2.87. The molecule has 0 aliphatic carbocycles. The molecule has 1 heterocycles. The topological polar surface area (TPSA) is 55.1 Å². The number of carbonyl (C=O) groups excluding carboxylic acids is 1. The number of anilines is 1. The Kier molecular flexibility index (Phi) is 3.28. The fraction of sp³-hybridized carbons (Fsp3) is 0.167. The van der Waals surface area contributed by atoms with E-state index in [2.05, 4.69) is 26.4 Å². The van der Waals surface area contributed by atoms with Crippen molar-refractivity contribution in [2.75, 3.05) is 5.32 Å². The summed E-state index contributed by atoms with van der Waals surface area (Å²) in [6.45, 7) is 3.71. The summed E-state index contributed by atoms with van der Waals surface area (Å²) in [6.07, 6.45) is 1.34. The third-order valence-electron chi connectivity index (χ3n) is 2.42. The lowest BCUT2D eigenvalue weighted by atomic mass is 10.2. The van der Waals surface area contributed by atoms with E-state index in [1.54, 1.807) is 6.92 Å². The van der Waals surface area contributed by atoms with Gasteiger partial charge in [0.05, 0.1) is 5.69 Å². The molecule has 88 valence electrons. The Bertz CT molecular complexity index is 563. The van der Waals surface area contributed by atoms with E-state index in [9.17, 15) is 4.79 Å². The summed E-state index contributed by atoms with van der Waals surface area (Å²) in [5.74, 6) is -0.223. The summed E-state index contributed by atoms with van der Waals surface area (Å²) >= 11 is 3.42. The van der Waals surface area contributed by atoms with Crippen LogP contribution in [0.15, 0.2) is 33.5 Å². The van der Waals surface area contributed by atoms with Crippen molar-refractivity contribution in [3.63, 3.8) is 0 Å². The highest BCUT2D eigenvalue weighted by Crippen LogP contribution is 2.21. The highest BCUT2D eigenvalue weighted by atomic mass is 79.9. The molecule has 0 saturated heterocycles. The quantitative estimate of drug-likeness (QED) is 0.924. The van der Waals surface area contributed by atoms with E-state index < -0.39 is 0 Å². The highest BCUT2D eigenvalue weighted by Gasteiger charge is 2.12. The van der Waals surface area contributed by atoms with Gasteiger partial charge in [0.15, 0.2) is 0 Å². The molecule has 1 amide bonds. The molecule has 2 rings (SSSR count). The molecule has 17 heavy (non-hydrogen) atoms. The second-order valence-electron chi connectivity index (χ2n) is 3.73. The average molecular weight is 295 g/mol. The van der Waals surface area contributed by atoms with Gasteiger partial charge in [0.25, 0.3) is 5.91 Å². The number of halogens is 1. The third kappa shape index (κ3) is 2.55. The van der Waals surface area contributed by atoms with Crippen LogP contribution in [-0.2, 0) is 0 Å². The molecule has 0 aliphatic heterocycles. The summed E-state index contributed by atoms with van der Waals surface area (Å²) in [6, 6.07) is 5.64. The Balaban J connectivity index is 2.19. The van der Waals surface area contributed by atoms with Crippen molar-refractivity contribution in [1.29, 1.82) is 0 Å². The van der Waals surface area contributed by atoms with E-state index >= 15 is 0 Å². The maximum absolute atomic E-state index is 11.9. The minimum absolute atomic E-state index is 0.223. The number of aryl methyl sites for hydroxylation is 2. The van der Waals surface area contributed by atoms with Crippen LogP contribution < -0.4 is 5.32 Å². The molecule has 0 atom stereocenters. The van der Waals surface area contributed by atoms with E-state index in [0.717, 1.165) is 15.7 Å². The molecule has 1 N–H and O–H groups in total. The molecule has 2 aromatic rings. The summed E-state index contributed by atoms with van der Waals surface area (Å²) in [4.78, 5) is 11.9. The van der Waals surface area contributed by atoms with Gasteiger partial charge in [-0.2, -0.15) is 0 Å². The number of hydrogen-bond donors (Lipinski definition) is 1. The second kappa shape index (κ2) is 4.71. The number of nitrogens with one attached hydrogen (secondary N) is 1. The Morgan fingerprint density at radius 3 is 2.76 bits per heavy atom. The molecule has 0 radical (unpaired) electrons. The standard InChI is InChI=1S/C12H11BrN2O2/c1-7-3-4-9(5-11(7)13)14-12(16)10-6-17-15-8(10)2/h3-6H,1-2H3,(H,14,16). The molecule has 0 fully saturated rings. The fourth-order valence-corrected chi connectivity index (χ4v) is 1.76. The van der Waals surface area contributed by atoms with Gasteiger partial charge in [0, 0.05) is 10.2 Å². The smallest absolute Gasteiger partial charge is 0.260 e. The monoisotopic (exact) mass is 294 g/mol. The second-order valence-corrected chi connectivity index (χ2v) is 4.59. The number of nitrogens with zero attached hydrogens (tertiary/aromatic N) is 1. The van der Waals surface area contributed by atoms with Crippen LogP contribution in [0.5, 0.6) is 0 Å². The van der Waals surface area contributed by atoms with Crippen LogP contribution >= 0.6 is 15.9 Å². The number of hydrogen-bond acceptors (Lipinski definition) is 3. The number of benzene rings is 1. The molecule has 0 saturated carbocycles. The van der Waals surface area contributed by atoms with Gasteiger partial charge >= 0.3 is 0 Å². The molecule has 0 bridgehead atoms. The highest BCUT2D eigenvalue weighted by molar-refractivity contribution is 9.10. The molecule has 1 aromatic carbocycles. The van der Waals surface area contributed by atoms with Gasteiger partial charge in [-0.1, -0.05) is 27.2 Å². The molecule has 5 heteroatoms. The van der Waals surface area contributed by atoms with Crippen LogP contribution in [0.2, 0.25) is 0 Å². The van der Waals surface area contributed by atoms with Crippen LogP contribution in [0.4, 0.5) is 5.69 Å². The molecule has 4 nitrogen and oxygen atoms in total. The lowest BCUT2D eigenvalue weighted by Crippen LogP contribution is -2.12. The van der Waals surface area contributed by atoms with Crippen molar-refractivity contribution < 1.29 is 9.32 Å². The zero-order valence-electron chi connectivity index (χ0n) is 9.45. The lowest BCUT2D eigenvalue weighted by Gasteiger charge is -2.05. The first kappa shape index (κ1) is 11.9. The van der Waals surface area contributed by atoms with Crippen molar-refractivity contribution in [2.24, 2.45) is 0 Å². The largest absolute Gasteiger partial charge is 0.364 e. The molecule has 0 spiro atoms. The Hall–Kier alpha value is -1.62. The minimum atomic E-state index is -0.223. The lowest BCUT2D eigenvalue weighted by molar-refractivity contribution is 0.102. The zero-order chi connectivity index (χ0) is 12.4. The molecular weight excluding hydrogens is 284 g/mol. The first-order valence-electron chi connectivity index (χ1n) is 5.06. The predicted molar refractivity (Wildman–Crippen MR) is 68.1 cm³/mol. The number of amides is 1. The maximum atomic E-state index is 11.9. The van der Waals surface area contributed by atoms with Crippen LogP contribution in [0.25, 0.3) is 0 Å². The normalized spacial score (nSPS) is 10.3. The molecule has 0 unspecified atom stereocenters. The minimum Gasteiger partial charge on any atom is -0.364 e. The van der Waals surface area contributed by atoms with Crippen LogP contribution in [0.1, 0.15) is 21.6 Å². The van der Waals surface area contributed by atoms with Crippen molar-refractivity contribution in [1.82, 2.24) is 5.16 Å². The molecule has 0 aliphatic rings. The van der Waals surface area contributed by atoms with E-state index in [1.807, 2.05) is 25.1 Å². The fourth-order valence-electron chi connectivity index (χ4n) is 1.38. The van der Waals surface area contributed by atoms with Crippen molar-refractivity contribution >= 4 is 27.5 Å². The van der Waals surface area contributed by atoms with Gasteiger partial charge in [-0.3, -0.25) is 4.79 Å². The Labute approximate surface area is 107 Å². The van der Waals surface area contributed by atoms with Gasteiger partial charge in [-0.05, 0) is 31.5 Å². The SMILES string of the molecule is Cc1ccc(NC(=O)c2conc2C)cc1Br. The number of carbonyl (C=O) groups is 1. The Morgan fingerprint density at radius 1 is 1.41 bits per heavy atom. The van der Waals surface area contributed by atoms with E-state index in [1.165, 1.54) is 6.26 Å². The maximum Gasteiger partial charge on any atom is 0.260 e. The van der Waals surface area contributed by atoms with Crippen molar-refractivity contribution in [3.8, 4) is 0 Å². The first-order valence-corrected chi connectivity index (χ1v) is 5.85. The number of aromatic nitrogens is 1. The van der Waals surface area contributed by atoms with Crippen molar-refractivity contribution in [2.45, 2.75) is 13.8 Å². The van der Waals surface area contributed by atoms with Crippen LogP contribution in [0.3, 0.4) is 0 Å². The third-order valence-corrected chi connectivity index (χ3v) is 3.28. The molecule has 1 aromatic heterocycles. The first-order chi connectivity index (χ1) is 8.08. The number of rotatable bonds is 2. The van der Waals surface area contributed by atoms with E-state index in [0.29, 0.717) is 11.3 Å². The van der Waals surface area contributed by atoms with Crippen LogP contribution in [-0.4, -0.2) is 11.1 Å². The van der Waals surface area contributed by atoms with Crippen molar-refractivity contribution in [3.05, 3.63) is 45.8 Å². The van der Waals surface area contributed by atoms with Gasteiger partial charge < -0.3 is 9.84 Å². The zero-order valence-corrected chi connectivity index (χ0v) is 11.0. The predicted octanol–water partition coefficient (Wildman–Crippen LogP) is 3.31. The van der Waals surface area contributed by atoms with Gasteiger partial charge in [-0.15, -0.1) is 0 Å². The van der Waals surface area contributed by atoms with Crippen LogP contribution in [0, 0.1) is 13.8 Å². The van der Waals surface area contributed by atoms with Gasteiger partial charge in [0.1, 0.15) is 11.8 Å². The van der Waals surface area contributed by atoms with Gasteiger partial charge in [0.2, 0.25) is 0 Å². The Morgan fingerprint density at radius 2 is 2.18 bits per heavy atom. The average Bonchev–Trinajstić information content (AvgIpc) is 2.70. The van der Waals surface area contributed by atoms with Gasteiger partial charge in [-0.25, -0.2) is 0 Å². The summed E-state index contributed by atoms with van der Waals surface area (Å²) in [5, 5.41) is 6.45. The van der Waals surface area contributed by atoms with E-state index in [4.69, 9.17) is 4.52 Å². The summed E-state index contributed by atoms with van der Waals surface area (Å²) < 4.78 is 5.68. The summed E-state index contributed by atoms with van der Waals surface area (Å²) in [7, 11) is 0. The molecular formula is C12H11BrN2O2.